The molecule has 1 aromatic carbocycles. The highest BCUT2D eigenvalue weighted by atomic mass is 79.9. The van der Waals surface area contributed by atoms with Gasteiger partial charge in [0.1, 0.15) is 0 Å². The molecule has 0 atom stereocenters. The molecule has 1 rings (SSSR count). The maximum absolute atomic E-state index is 11.8. The fourth-order valence-corrected chi connectivity index (χ4v) is 1.74. The molecule has 0 heterocycles. The summed E-state index contributed by atoms with van der Waals surface area (Å²) in [4.78, 5) is 0. The van der Waals surface area contributed by atoms with Crippen molar-refractivity contribution in [1.82, 2.24) is 0 Å². The highest BCUT2D eigenvalue weighted by Gasteiger charge is 1.94. The van der Waals surface area contributed by atoms with Gasteiger partial charge < -0.3 is 0 Å². The van der Waals surface area contributed by atoms with Crippen LogP contribution in [0.2, 0.25) is 0 Å². The van der Waals surface area contributed by atoms with Crippen molar-refractivity contribution in [3.05, 3.63) is 34.3 Å². The van der Waals surface area contributed by atoms with Crippen LogP contribution in [0.15, 0.2) is 28.7 Å². The molecule has 0 unspecified atom stereocenters. The number of benzene rings is 1. The summed E-state index contributed by atoms with van der Waals surface area (Å²) < 4.78 is 12.9. The Morgan fingerprint density at radius 1 is 1.15 bits per heavy atom. The van der Waals surface area contributed by atoms with Crippen molar-refractivity contribution in [1.29, 1.82) is 0 Å². The van der Waals surface area contributed by atoms with Crippen molar-refractivity contribution in [2.75, 3.05) is 6.67 Å². The van der Waals surface area contributed by atoms with Crippen LogP contribution in [0.4, 0.5) is 4.39 Å². The molecule has 0 nitrogen and oxygen atoms in total. The predicted molar refractivity (Wildman–Crippen MR) is 57.7 cm³/mol. The van der Waals surface area contributed by atoms with E-state index in [9.17, 15) is 4.39 Å². The topological polar surface area (TPSA) is 0 Å². The zero-order valence-electron chi connectivity index (χ0n) is 7.60. The first-order chi connectivity index (χ1) is 6.33. The van der Waals surface area contributed by atoms with Crippen molar-refractivity contribution >= 4 is 15.9 Å². The standard InChI is InChI=1S/C11H14BrF/c12-11-7-4-6-10(9-11)5-2-1-3-8-13/h4,6-7,9H,1-3,5,8H2. The minimum Gasteiger partial charge on any atom is -0.251 e. The first-order valence-electron chi connectivity index (χ1n) is 4.63. The Morgan fingerprint density at radius 3 is 2.69 bits per heavy atom. The largest absolute Gasteiger partial charge is 0.251 e. The van der Waals surface area contributed by atoms with Gasteiger partial charge in [-0.25, -0.2) is 0 Å². The fourth-order valence-electron chi connectivity index (χ4n) is 1.29. The highest BCUT2D eigenvalue weighted by molar-refractivity contribution is 9.10. The number of aryl methyl sites for hydroxylation is 1. The molecule has 0 saturated carbocycles. The lowest BCUT2D eigenvalue weighted by molar-refractivity contribution is 0.456. The SMILES string of the molecule is FCCCCCc1cccc(Br)c1. The van der Waals surface area contributed by atoms with Crippen LogP contribution in [0, 0.1) is 0 Å². The third kappa shape index (κ3) is 4.41. The van der Waals surface area contributed by atoms with E-state index in [1.165, 1.54) is 5.56 Å². The first kappa shape index (κ1) is 10.7. The average Bonchev–Trinajstić information content (AvgIpc) is 2.13. The molecule has 0 aromatic heterocycles. The molecular weight excluding hydrogens is 231 g/mol. The quantitative estimate of drug-likeness (QED) is 0.684. The number of alkyl halides is 1. The summed E-state index contributed by atoms with van der Waals surface area (Å²) in [6, 6.07) is 8.29. The van der Waals surface area contributed by atoms with E-state index in [0.29, 0.717) is 6.42 Å². The Balaban J connectivity index is 2.28. The van der Waals surface area contributed by atoms with Gasteiger partial charge in [0.15, 0.2) is 0 Å². The summed E-state index contributed by atoms with van der Waals surface area (Å²) in [5.74, 6) is 0. The Kier molecular flexibility index (Phi) is 5.06. The smallest absolute Gasteiger partial charge is 0.0894 e. The Bertz CT molecular complexity index is 248. The van der Waals surface area contributed by atoms with Crippen molar-refractivity contribution in [3.8, 4) is 0 Å². The van der Waals surface area contributed by atoms with E-state index in [1.54, 1.807) is 0 Å². The lowest BCUT2D eigenvalue weighted by atomic mass is 10.1. The van der Waals surface area contributed by atoms with Crippen LogP contribution in [0.25, 0.3) is 0 Å². The first-order valence-corrected chi connectivity index (χ1v) is 5.42. The molecule has 0 aliphatic rings. The maximum Gasteiger partial charge on any atom is 0.0894 e. The van der Waals surface area contributed by atoms with E-state index in [1.807, 2.05) is 12.1 Å². The Labute approximate surface area is 87.3 Å². The van der Waals surface area contributed by atoms with E-state index in [4.69, 9.17) is 0 Å². The molecule has 0 bridgehead atoms. The molecule has 1 aromatic rings. The van der Waals surface area contributed by atoms with Crippen molar-refractivity contribution in [2.24, 2.45) is 0 Å². The molecule has 0 N–H and O–H groups in total. The normalized spacial score (nSPS) is 10.3. The maximum atomic E-state index is 11.8. The fraction of sp³-hybridized carbons (Fsp3) is 0.455. The molecule has 0 aliphatic carbocycles. The Morgan fingerprint density at radius 2 is 2.00 bits per heavy atom. The molecular formula is C11H14BrF. The van der Waals surface area contributed by atoms with Crippen LogP contribution in [0.5, 0.6) is 0 Å². The van der Waals surface area contributed by atoms with E-state index in [-0.39, 0.29) is 6.67 Å². The molecule has 0 saturated heterocycles. The van der Waals surface area contributed by atoms with Gasteiger partial charge in [0.25, 0.3) is 0 Å². The predicted octanol–water partition coefficient (Wildman–Crippen LogP) is 4.13. The van der Waals surface area contributed by atoms with Crippen molar-refractivity contribution in [2.45, 2.75) is 25.7 Å². The second-order valence-electron chi connectivity index (χ2n) is 3.13. The van der Waals surface area contributed by atoms with Crippen LogP contribution < -0.4 is 0 Å². The summed E-state index contributed by atoms with van der Waals surface area (Å²) in [6.45, 7) is -0.182. The summed E-state index contributed by atoms with van der Waals surface area (Å²) in [5.41, 5.74) is 1.33. The van der Waals surface area contributed by atoms with Gasteiger partial charge in [-0.05, 0) is 37.0 Å². The molecule has 0 fully saturated rings. The van der Waals surface area contributed by atoms with Crippen LogP contribution in [-0.4, -0.2) is 6.67 Å². The van der Waals surface area contributed by atoms with Gasteiger partial charge in [0.2, 0.25) is 0 Å². The van der Waals surface area contributed by atoms with Crippen LogP contribution >= 0.6 is 15.9 Å². The summed E-state index contributed by atoms with van der Waals surface area (Å²) in [7, 11) is 0. The van der Waals surface area contributed by atoms with E-state index in [0.717, 1.165) is 23.7 Å². The second kappa shape index (κ2) is 6.14. The number of hydrogen-bond acceptors (Lipinski definition) is 0. The van der Waals surface area contributed by atoms with Crippen LogP contribution in [0.3, 0.4) is 0 Å². The molecule has 2 heteroatoms. The minimum atomic E-state index is -0.182. The highest BCUT2D eigenvalue weighted by Crippen LogP contribution is 2.13. The lowest BCUT2D eigenvalue weighted by Crippen LogP contribution is -1.86. The zero-order chi connectivity index (χ0) is 9.52. The summed E-state index contributed by atoms with van der Waals surface area (Å²) in [5, 5.41) is 0. The lowest BCUT2D eigenvalue weighted by Gasteiger charge is -2.00. The van der Waals surface area contributed by atoms with E-state index >= 15 is 0 Å². The third-order valence-corrected chi connectivity index (χ3v) is 2.48. The van der Waals surface area contributed by atoms with Gasteiger partial charge in [-0.3, -0.25) is 4.39 Å². The monoisotopic (exact) mass is 244 g/mol. The molecule has 0 spiro atoms. The minimum absolute atomic E-state index is 0.182. The van der Waals surface area contributed by atoms with Gasteiger partial charge >= 0.3 is 0 Å². The zero-order valence-corrected chi connectivity index (χ0v) is 9.19. The van der Waals surface area contributed by atoms with Gasteiger partial charge in [-0.2, -0.15) is 0 Å². The molecule has 0 aliphatic heterocycles. The number of halogens is 2. The summed E-state index contributed by atoms with van der Waals surface area (Å²) in [6.07, 6.45) is 3.83. The van der Waals surface area contributed by atoms with Crippen LogP contribution in [0.1, 0.15) is 24.8 Å². The average molecular weight is 245 g/mol. The van der Waals surface area contributed by atoms with E-state index in [2.05, 4.69) is 28.1 Å². The third-order valence-electron chi connectivity index (χ3n) is 1.99. The molecule has 0 radical (unpaired) electrons. The second-order valence-corrected chi connectivity index (χ2v) is 4.05. The summed E-state index contributed by atoms with van der Waals surface area (Å²) >= 11 is 3.42. The van der Waals surface area contributed by atoms with Crippen molar-refractivity contribution < 1.29 is 4.39 Å². The van der Waals surface area contributed by atoms with Crippen LogP contribution in [-0.2, 0) is 6.42 Å². The van der Waals surface area contributed by atoms with Gasteiger partial charge in [-0.1, -0.05) is 34.5 Å². The van der Waals surface area contributed by atoms with Crippen molar-refractivity contribution in [3.63, 3.8) is 0 Å². The van der Waals surface area contributed by atoms with Gasteiger partial charge in [-0.15, -0.1) is 0 Å². The number of hydrogen-bond donors (Lipinski definition) is 0. The molecule has 0 amide bonds. The van der Waals surface area contributed by atoms with Gasteiger partial charge in [0, 0.05) is 4.47 Å². The van der Waals surface area contributed by atoms with E-state index < -0.39 is 0 Å². The van der Waals surface area contributed by atoms with Gasteiger partial charge in [0.05, 0.1) is 6.67 Å². The molecule has 72 valence electrons. The number of rotatable bonds is 5. The number of unbranched alkanes of at least 4 members (excludes halogenated alkanes) is 2. The Hall–Kier alpha value is -0.370. The molecule has 13 heavy (non-hydrogen) atoms.